The molecule has 2 aromatic carbocycles. The number of nitrogens with zero attached hydrogens (tertiary/aromatic N) is 4. The smallest absolute Gasteiger partial charge is 0.410 e. The summed E-state index contributed by atoms with van der Waals surface area (Å²) in [5.74, 6) is -3.32. The van der Waals surface area contributed by atoms with Crippen molar-refractivity contribution in [1.29, 1.82) is 5.41 Å². The van der Waals surface area contributed by atoms with Crippen molar-refractivity contribution in [3.63, 3.8) is 0 Å². The molecule has 1 aliphatic heterocycles. The van der Waals surface area contributed by atoms with E-state index < -0.39 is 65.4 Å². The van der Waals surface area contributed by atoms with Crippen LogP contribution in [0.4, 0.5) is 18.0 Å². The summed E-state index contributed by atoms with van der Waals surface area (Å²) in [5, 5.41) is 7.95. The zero-order valence-electron chi connectivity index (χ0n) is 33.1. The van der Waals surface area contributed by atoms with Crippen molar-refractivity contribution in [2.45, 2.75) is 98.2 Å². The summed E-state index contributed by atoms with van der Waals surface area (Å²) in [6, 6.07) is 11.4. The topological polar surface area (TPSA) is 135 Å². The fourth-order valence-corrected chi connectivity index (χ4v) is 5.99. The maximum atomic E-state index is 15.7. The van der Waals surface area contributed by atoms with E-state index in [4.69, 9.17) is 19.9 Å². The van der Waals surface area contributed by atoms with E-state index >= 15 is 8.78 Å². The normalized spacial score (nSPS) is 16.5. The second-order valence-electron chi connectivity index (χ2n) is 16.3. The number of likely N-dealkylation sites (tertiary alicyclic amines) is 1. The summed E-state index contributed by atoms with van der Waals surface area (Å²) in [7, 11) is 0.225. The molecular weight excluding hydrogens is 734 g/mol. The van der Waals surface area contributed by atoms with Gasteiger partial charge in [0, 0.05) is 49.4 Å². The number of alkyl halides is 1. The van der Waals surface area contributed by atoms with Crippen LogP contribution in [0.3, 0.4) is 0 Å². The summed E-state index contributed by atoms with van der Waals surface area (Å²) in [5.41, 5.74) is -0.890. The van der Waals surface area contributed by atoms with Gasteiger partial charge in [-0.2, -0.15) is 0 Å². The van der Waals surface area contributed by atoms with Gasteiger partial charge in [-0.3, -0.25) is 14.2 Å². The molecule has 2 amide bonds. The van der Waals surface area contributed by atoms with Gasteiger partial charge in [0.25, 0.3) is 5.91 Å². The third-order valence-electron chi connectivity index (χ3n) is 8.57. The predicted octanol–water partition coefficient (Wildman–Crippen LogP) is 8.66. The van der Waals surface area contributed by atoms with Crippen molar-refractivity contribution in [3.8, 4) is 11.3 Å². The van der Waals surface area contributed by atoms with Gasteiger partial charge in [-0.25, -0.2) is 22.9 Å². The molecule has 300 valence electrons. The van der Waals surface area contributed by atoms with E-state index in [-0.39, 0.29) is 63.3 Å². The molecule has 4 rings (SSSR count). The highest BCUT2D eigenvalue weighted by atomic mass is 31.1. The Morgan fingerprint density at radius 2 is 1.67 bits per heavy atom. The molecule has 3 atom stereocenters. The van der Waals surface area contributed by atoms with E-state index in [1.165, 1.54) is 16.0 Å². The summed E-state index contributed by atoms with van der Waals surface area (Å²) in [4.78, 5) is 46.2. The number of imidazole rings is 1. The zero-order chi connectivity index (χ0) is 41.3. The van der Waals surface area contributed by atoms with Crippen molar-refractivity contribution in [3.05, 3.63) is 77.8 Å². The average molecular weight is 788 g/mol. The quantitative estimate of drug-likeness (QED) is 0.110. The fraction of sp³-hybridized carbons (Fsp3) is 0.525. The standard InChI is InChI=1S/C36H44F3N5O5.C4H9OP/c1-23(45)48-22-31(46)44(19-25-18-43(20-29(25)39)34(47)49-35(2,3)4)32(36(5,6)14-15-40)33-41-30(27-16-26(37)12-13-28(27)38)21-42(33)17-24-10-8-7-9-11-24;1-4(2,3)6-5/h7-13,15-16,21,25,29,32,40H,14,17-20,22H2,1-6H3;1-3H3. The van der Waals surface area contributed by atoms with Gasteiger partial charge < -0.3 is 29.2 Å². The Hall–Kier alpha value is -4.58. The highest BCUT2D eigenvalue weighted by Gasteiger charge is 2.45. The summed E-state index contributed by atoms with van der Waals surface area (Å²) in [6.07, 6.45) is 0.697. The van der Waals surface area contributed by atoms with E-state index in [1.807, 2.05) is 65.0 Å². The van der Waals surface area contributed by atoms with Crippen molar-refractivity contribution in [2.24, 2.45) is 11.3 Å². The Morgan fingerprint density at radius 3 is 2.24 bits per heavy atom. The van der Waals surface area contributed by atoms with Crippen LogP contribution < -0.4 is 0 Å². The number of ether oxygens (including phenoxy) is 2. The molecule has 1 fully saturated rings. The lowest BCUT2D eigenvalue weighted by atomic mass is 9.79. The first-order valence-electron chi connectivity index (χ1n) is 18.0. The van der Waals surface area contributed by atoms with Crippen LogP contribution >= 0.6 is 8.46 Å². The van der Waals surface area contributed by atoms with Crippen LogP contribution in [0.25, 0.3) is 11.3 Å². The average Bonchev–Trinajstić information content (AvgIpc) is 3.66. The Morgan fingerprint density at radius 1 is 1.04 bits per heavy atom. The lowest BCUT2D eigenvalue weighted by Crippen LogP contribution is -2.48. The molecular formula is C40H53F3N5O6P. The van der Waals surface area contributed by atoms with Gasteiger partial charge >= 0.3 is 12.1 Å². The summed E-state index contributed by atoms with van der Waals surface area (Å²) in [6.45, 7) is 14.7. The number of carbonyl (C=O) groups excluding carboxylic acids is 3. The number of hydrogen-bond acceptors (Lipinski definition) is 8. The molecule has 3 unspecified atom stereocenters. The van der Waals surface area contributed by atoms with E-state index in [0.717, 1.165) is 30.7 Å². The Bertz CT molecular complexity index is 1810. The summed E-state index contributed by atoms with van der Waals surface area (Å²) >= 11 is 0. The molecule has 0 aliphatic carbocycles. The number of halogens is 3. The highest BCUT2D eigenvalue weighted by Crippen LogP contribution is 2.43. The van der Waals surface area contributed by atoms with Crippen LogP contribution in [-0.4, -0.2) is 86.7 Å². The molecule has 55 heavy (non-hydrogen) atoms. The van der Waals surface area contributed by atoms with Crippen LogP contribution in [-0.2, 0) is 30.2 Å². The third-order valence-corrected chi connectivity index (χ3v) is 9.12. The maximum Gasteiger partial charge on any atom is 0.410 e. The maximum absolute atomic E-state index is 15.7. The van der Waals surface area contributed by atoms with Gasteiger partial charge in [-0.05, 0) is 83.4 Å². The molecule has 1 N–H and O–H groups in total. The van der Waals surface area contributed by atoms with Gasteiger partial charge in [0.15, 0.2) is 15.1 Å². The van der Waals surface area contributed by atoms with Gasteiger partial charge in [0.05, 0.1) is 18.3 Å². The van der Waals surface area contributed by atoms with Crippen LogP contribution in [0.15, 0.2) is 54.7 Å². The molecule has 1 saturated heterocycles. The predicted molar refractivity (Wildman–Crippen MR) is 205 cm³/mol. The first kappa shape index (κ1) is 44.8. The third kappa shape index (κ3) is 13.3. The minimum absolute atomic E-state index is 0.0417. The molecule has 3 aromatic rings. The second-order valence-corrected chi connectivity index (χ2v) is 17.8. The van der Waals surface area contributed by atoms with Crippen LogP contribution in [0, 0.1) is 28.4 Å². The number of benzene rings is 2. The van der Waals surface area contributed by atoms with Gasteiger partial charge in [-0.1, -0.05) is 44.2 Å². The first-order chi connectivity index (χ1) is 25.5. The number of rotatable bonds is 12. The Labute approximate surface area is 323 Å². The van der Waals surface area contributed by atoms with Gasteiger partial charge in [0.1, 0.15) is 29.2 Å². The van der Waals surface area contributed by atoms with E-state index in [1.54, 1.807) is 31.5 Å². The number of esters is 1. The molecule has 0 spiro atoms. The molecule has 15 heteroatoms. The van der Waals surface area contributed by atoms with Crippen molar-refractivity contribution in [1.82, 2.24) is 19.4 Å². The molecule has 0 radical (unpaired) electrons. The van der Waals surface area contributed by atoms with Crippen LogP contribution in [0.1, 0.15) is 86.2 Å². The minimum Gasteiger partial charge on any atom is -0.456 e. The fourth-order valence-electron chi connectivity index (χ4n) is 5.99. The Kier molecular flexibility index (Phi) is 15.4. The molecule has 11 nitrogen and oxygen atoms in total. The van der Waals surface area contributed by atoms with Gasteiger partial charge in [-0.15, -0.1) is 0 Å². The summed E-state index contributed by atoms with van der Waals surface area (Å²) < 4.78 is 67.5. The minimum atomic E-state index is -1.52. The molecule has 2 heterocycles. The number of aromatic nitrogens is 2. The molecule has 1 aliphatic rings. The first-order valence-corrected chi connectivity index (χ1v) is 18.8. The molecule has 0 bridgehead atoms. The van der Waals surface area contributed by atoms with Crippen molar-refractivity contribution >= 4 is 32.6 Å². The monoisotopic (exact) mass is 787 g/mol. The lowest BCUT2D eigenvalue weighted by Gasteiger charge is -2.42. The second kappa shape index (κ2) is 18.8. The van der Waals surface area contributed by atoms with Crippen LogP contribution in [0.5, 0.6) is 0 Å². The number of amides is 2. The van der Waals surface area contributed by atoms with Crippen LogP contribution in [0.2, 0.25) is 0 Å². The zero-order valence-corrected chi connectivity index (χ0v) is 34.0. The van der Waals surface area contributed by atoms with E-state index in [0.29, 0.717) is 0 Å². The van der Waals surface area contributed by atoms with Crippen molar-refractivity contribution < 1.29 is 41.6 Å². The SMILES string of the molecule is CC(=O)OCC(=O)N(CC1CN(C(=O)OC(C)(C)C)CC1F)C(c1nc(-c2cc(F)ccc2F)cn1Cc1ccccc1)C(C)(C)CC=N.CC(C)(C)P=O. The number of nitrogens with one attached hydrogen (secondary N) is 1. The molecule has 1 aromatic heterocycles. The largest absolute Gasteiger partial charge is 0.456 e. The Balaban J connectivity index is 0.00000125. The highest BCUT2D eigenvalue weighted by molar-refractivity contribution is 7.25. The lowest BCUT2D eigenvalue weighted by molar-refractivity contribution is -0.153. The number of hydrogen-bond donors (Lipinski definition) is 1. The van der Waals surface area contributed by atoms with Crippen molar-refractivity contribution in [2.75, 3.05) is 26.2 Å². The van der Waals surface area contributed by atoms with E-state index in [9.17, 15) is 23.3 Å². The molecule has 0 saturated carbocycles. The number of carbonyl (C=O) groups is 3. The van der Waals surface area contributed by atoms with Gasteiger partial charge in [0.2, 0.25) is 0 Å². The van der Waals surface area contributed by atoms with E-state index in [2.05, 4.69) is 0 Å².